The first kappa shape index (κ1) is 19.9. The third-order valence-corrected chi connectivity index (χ3v) is 6.46. The predicted molar refractivity (Wildman–Crippen MR) is 109 cm³/mol. The summed E-state index contributed by atoms with van der Waals surface area (Å²) >= 11 is 0. The van der Waals surface area contributed by atoms with Crippen LogP contribution in [0.4, 0.5) is 4.39 Å². The Kier molecular flexibility index (Phi) is 5.59. The lowest BCUT2D eigenvalue weighted by atomic mass is 9.66. The summed E-state index contributed by atoms with van der Waals surface area (Å²) in [4.78, 5) is 15.3. The number of rotatable bonds is 4. The molecule has 2 fully saturated rings. The second-order valence-electron chi connectivity index (χ2n) is 8.13. The molecule has 1 aliphatic carbocycles. The second kappa shape index (κ2) is 8.15. The number of para-hydroxylation sites is 1. The third-order valence-electron chi connectivity index (χ3n) is 6.46. The first-order valence-corrected chi connectivity index (χ1v) is 10.5. The summed E-state index contributed by atoms with van der Waals surface area (Å²) in [6, 6.07) is 13.2. The number of halogens is 1. The van der Waals surface area contributed by atoms with Gasteiger partial charge in [-0.25, -0.2) is 4.39 Å². The molecule has 1 saturated carbocycles. The van der Waals surface area contributed by atoms with E-state index in [1.54, 1.807) is 0 Å². The Morgan fingerprint density at radius 1 is 1.17 bits per heavy atom. The molecule has 0 unspecified atom stereocenters. The fourth-order valence-corrected chi connectivity index (χ4v) is 5.06. The molecule has 4 nitrogen and oxygen atoms in total. The highest BCUT2D eigenvalue weighted by Gasteiger charge is 2.50. The largest absolute Gasteiger partial charge is 0.494 e. The van der Waals surface area contributed by atoms with Crippen LogP contribution < -0.4 is 4.74 Å². The molecule has 0 radical (unpaired) electrons. The van der Waals surface area contributed by atoms with E-state index in [1.807, 2.05) is 36.1 Å². The topological polar surface area (TPSA) is 49.8 Å². The van der Waals surface area contributed by atoms with Crippen LogP contribution in [0.5, 0.6) is 5.75 Å². The van der Waals surface area contributed by atoms with Gasteiger partial charge in [-0.2, -0.15) is 0 Å². The van der Waals surface area contributed by atoms with Gasteiger partial charge in [-0.05, 0) is 56.5 Å². The number of hydrogen-bond donors (Lipinski definition) is 1. The minimum absolute atomic E-state index is 0.0454. The van der Waals surface area contributed by atoms with Crippen molar-refractivity contribution in [2.75, 3.05) is 13.2 Å². The van der Waals surface area contributed by atoms with Gasteiger partial charge in [0.15, 0.2) is 0 Å². The standard InChI is InChI=1S/C24H28FNO3/c1-2-29-21-9-4-3-7-19(21)22-20-8-5-6-14-24(20,28)15-16-26(22)23(27)17-10-12-18(25)13-11-17/h3-4,7,9-13,20,22,28H,2,5-6,8,14-16H2,1H3/t20-,22+,24-/m1/s1. The van der Waals surface area contributed by atoms with E-state index in [9.17, 15) is 14.3 Å². The highest BCUT2D eigenvalue weighted by molar-refractivity contribution is 5.94. The molecule has 0 aromatic heterocycles. The quantitative estimate of drug-likeness (QED) is 0.811. The minimum Gasteiger partial charge on any atom is -0.494 e. The Labute approximate surface area is 171 Å². The smallest absolute Gasteiger partial charge is 0.254 e. The molecule has 5 heteroatoms. The van der Waals surface area contributed by atoms with Crippen LogP contribution in [0, 0.1) is 11.7 Å². The monoisotopic (exact) mass is 397 g/mol. The van der Waals surface area contributed by atoms with Crippen molar-refractivity contribution in [2.24, 2.45) is 5.92 Å². The van der Waals surface area contributed by atoms with Crippen LogP contribution in [-0.2, 0) is 0 Å². The molecule has 1 saturated heterocycles. The number of amides is 1. The average Bonchev–Trinajstić information content (AvgIpc) is 2.73. The van der Waals surface area contributed by atoms with Crippen LogP contribution in [0.25, 0.3) is 0 Å². The van der Waals surface area contributed by atoms with Crippen molar-refractivity contribution in [2.45, 2.75) is 50.7 Å². The maximum Gasteiger partial charge on any atom is 0.254 e. The van der Waals surface area contributed by atoms with Crippen molar-refractivity contribution in [1.29, 1.82) is 0 Å². The minimum atomic E-state index is -0.762. The Balaban J connectivity index is 1.77. The average molecular weight is 397 g/mol. The molecular weight excluding hydrogens is 369 g/mol. The van der Waals surface area contributed by atoms with E-state index in [0.717, 1.165) is 37.0 Å². The zero-order chi connectivity index (χ0) is 20.4. The number of nitrogens with zero attached hydrogens (tertiary/aromatic N) is 1. The van der Waals surface area contributed by atoms with Gasteiger partial charge >= 0.3 is 0 Å². The Bertz CT molecular complexity index is 869. The van der Waals surface area contributed by atoms with E-state index in [0.29, 0.717) is 25.1 Å². The lowest BCUT2D eigenvalue weighted by molar-refractivity contribution is -0.115. The molecule has 154 valence electrons. The molecule has 1 amide bonds. The second-order valence-corrected chi connectivity index (χ2v) is 8.13. The summed E-state index contributed by atoms with van der Waals surface area (Å²) in [5.74, 6) is 0.219. The van der Waals surface area contributed by atoms with E-state index < -0.39 is 5.60 Å². The van der Waals surface area contributed by atoms with Crippen LogP contribution in [0.3, 0.4) is 0 Å². The zero-order valence-corrected chi connectivity index (χ0v) is 16.8. The first-order chi connectivity index (χ1) is 14.0. The lowest BCUT2D eigenvalue weighted by Crippen LogP contribution is -2.56. The number of benzene rings is 2. The van der Waals surface area contributed by atoms with Crippen molar-refractivity contribution in [1.82, 2.24) is 4.90 Å². The Morgan fingerprint density at radius 2 is 1.93 bits per heavy atom. The van der Waals surface area contributed by atoms with Gasteiger partial charge in [0.25, 0.3) is 5.91 Å². The number of piperidine rings is 1. The van der Waals surface area contributed by atoms with Gasteiger partial charge in [0.1, 0.15) is 11.6 Å². The van der Waals surface area contributed by atoms with E-state index in [2.05, 4.69) is 0 Å². The summed E-state index contributed by atoms with van der Waals surface area (Å²) in [6.45, 7) is 2.94. The van der Waals surface area contributed by atoms with Crippen LogP contribution in [0.15, 0.2) is 48.5 Å². The third kappa shape index (κ3) is 3.76. The van der Waals surface area contributed by atoms with Crippen molar-refractivity contribution in [3.63, 3.8) is 0 Å². The van der Waals surface area contributed by atoms with Crippen LogP contribution in [-0.4, -0.2) is 34.7 Å². The van der Waals surface area contributed by atoms with E-state index in [1.165, 1.54) is 24.3 Å². The molecule has 2 aromatic carbocycles. The highest BCUT2D eigenvalue weighted by Crippen LogP contribution is 2.51. The Morgan fingerprint density at radius 3 is 2.69 bits per heavy atom. The summed E-state index contributed by atoms with van der Waals surface area (Å²) < 4.78 is 19.3. The van der Waals surface area contributed by atoms with Crippen molar-refractivity contribution in [3.05, 3.63) is 65.5 Å². The van der Waals surface area contributed by atoms with Crippen molar-refractivity contribution < 1.29 is 19.0 Å². The molecule has 1 N–H and O–H groups in total. The maximum atomic E-state index is 13.4. The molecular formula is C24H28FNO3. The number of fused-ring (bicyclic) bond motifs is 1. The zero-order valence-electron chi connectivity index (χ0n) is 16.8. The lowest BCUT2D eigenvalue weighted by Gasteiger charge is -2.52. The van der Waals surface area contributed by atoms with Gasteiger partial charge in [0.2, 0.25) is 0 Å². The molecule has 29 heavy (non-hydrogen) atoms. The van der Waals surface area contributed by atoms with Gasteiger partial charge in [-0.1, -0.05) is 31.0 Å². The Hall–Kier alpha value is -2.40. The molecule has 2 aromatic rings. The highest BCUT2D eigenvalue weighted by atomic mass is 19.1. The number of hydrogen-bond acceptors (Lipinski definition) is 3. The van der Waals surface area contributed by atoms with Crippen molar-refractivity contribution in [3.8, 4) is 5.75 Å². The molecule has 1 aliphatic heterocycles. The van der Waals surface area contributed by atoms with Crippen LogP contribution in [0.2, 0.25) is 0 Å². The van der Waals surface area contributed by atoms with Gasteiger partial charge < -0.3 is 14.7 Å². The number of carbonyl (C=O) groups is 1. The van der Waals surface area contributed by atoms with Gasteiger partial charge in [0, 0.05) is 23.6 Å². The van der Waals surface area contributed by atoms with E-state index >= 15 is 0 Å². The number of carbonyl (C=O) groups excluding carboxylic acids is 1. The number of aliphatic hydroxyl groups is 1. The first-order valence-electron chi connectivity index (χ1n) is 10.5. The van der Waals surface area contributed by atoms with Gasteiger partial charge in [0.05, 0.1) is 18.2 Å². The number of ether oxygens (including phenoxy) is 1. The molecule has 1 heterocycles. The predicted octanol–water partition coefficient (Wildman–Crippen LogP) is 4.73. The fourth-order valence-electron chi connectivity index (χ4n) is 5.06. The van der Waals surface area contributed by atoms with E-state index in [4.69, 9.17) is 4.74 Å². The SMILES string of the molecule is CCOc1ccccc1[C@H]1[C@H]2CCCC[C@@]2(O)CCN1C(=O)c1ccc(F)cc1. The number of likely N-dealkylation sites (tertiary alicyclic amines) is 1. The van der Waals surface area contributed by atoms with E-state index in [-0.39, 0.29) is 23.7 Å². The van der Waals surface area contributed by atoms with Crippen molar-refractivity contribution >= 4 is 5.91 Å². The molecule has 3 atom stereocenters. The molecule has 2 aliphatic rings. The summed E-state index contributed by atoms with van der Waals surface area (Å²) in [6.07, 6.45) is 4.26. The molecule has 4 rings (SSSR count). The van der Waals surface area contributed by atoms with Gasteiger partial charge in [-0.3, -0.25) is 4.79 Å². The van der Waals surface area contributed by atoms with Gasteiger partial charge in [-0.15, -0.1) is 0 Å². The summed E-state index contributed by atoms with van der Waals surface area (Å²) in [5, 5.41) is 11.4. The summed E-state index contributed by atoms with van der Waals surface area (Å²) in [7, 11) is 0. The van der Waals surface area contributed by atoms with Crippen LogP contribution in [0.1, 0.15) is 61.0 Å². The fraction of sp³-hybridized carbons (Fsp3) is 0.458. The molecule has 0 spiro atoms. The maximum absolute atomic E-state index is 13.4. The summed E-state index contributed by atoms with van der Waals surface area (Å²) in [5.41, 5.74) is 0.642. The molecule has 0 bridgehead atoms. The normalized spacial score (nSPS) is 26.7. The van der Waals surface area contributed by atoms with Crippen LogP contribution >= 0.6 is 0 Å².